The van der Waals surface area contributed by atoms with Crippen molar-refractivity contribution in [1.29, 1.82) is 0 Å². The third-order valence-electron chi connectivity index (χ3n) is 3.33. The summed E-state index contributed by atoms with van der Waals surface area (Å²) in [5.74, 6) is 0.966. The van der Waals surface area contributed by atoms with Gasteiger partial charge in [0.15, 0.2) is 0 Å². The van der Waals surface area contributed by atoms with Crippen molar-refractivity contribution in [3.63, 3.8) is 0 Å². The van der Waals surface area contributed by atoms with Crippen LogP contribution in [-0.2, 0) is 0 Å². The fourth-order valence-corrected chi connectivity index (χ4v) is 2.50. The maximum Gasteiger partial charge on any atom is 0.126 e. The second-order valence-electron chi connectivity index (χ2n) is 4.69. The molecule has 3 nitrogen and oxygen atoms in total. The van der Waals surface area contributed by atoms with Gasteiger partial charge in [-0.15, -0.1) is 0 Å². The van der Waals surface area contributed by atoms with Crippen molar-refractivity contribution < 1.29 is 0 Å². The first-order chi connectivity index (χ1) is 7.72. The van der Waals surface area contributed by atoms with Gasteiger partial charge < -0.3 is 5.32 Å². The van der Waals surface area contributed by atoms with Gasteiger partial charge in [0.05, 0.1) is 11.7 Å². The van der Waals surface area contributed by atoms with Crippen LogP contribution in [0.4, 0.5) is 5.82 Å². The molecule has 0 spiro atoms. The second kappa shape index (κ2) is 4.83. The Labute approximate surface area is 97.9 Å². The van der Waals surface area contributed by atoms with Gasteiger partial charge in [-0.3, -0.25) is 4.90 Å². The predicted molar refractivity (Wildman–Crippen MR) is 67.6 cm³/mol. The van der Waals surface area contributed by atoms with E-state index in [2.05, 4.69) is 41.2 Å². The molecule has 1 atom stereocenters. The van der Waals surface area contributed by atoms with Crippen molar-refractivity contribution in [1.82, 2.24) is 9.88 Å². The molecule has 1 aliphatic rings. The zero-order valence-corrected chi connectivity index (χ0v) is 10.4. The molecular formula is C13H21N3. The largest absolute Gasteiger partial charge is 0.373 e. The van der Waals surface area contributed by atoms with Crippen LogP contribution in [0.2, 0.25) is 0 Å². The lowest BCUT2D eigenvalue weighted by Crippen LogP contribution is -2.30. The van der Waals surface area contributed by atoms with Gasteiger partial charge in [-0.1, -0.05) is 6.07 Å². The summed E-state index contributed by atoms with van der Waals surface area (Å²) in [6.45, 7) is 5.73. The average molecular weight is 219 g/mol. The minimum Gasteiger partial charge on any atom is -0.373 e. The molecule has 0 unspecified atom stereocenters. The van der Waals surface area contributed by atoms with E-state index in [1.807, 2.05) is 13.1 Å². The Balaban J connectivity index is 2.22. The molecule has 1 fully saturated rings. The van der Waals surface area contributed by atoms with Crippen LogP contribution in [0, 0.1) is 0 Å². The molecule has 0 saturated carbocycles. The van der Waals surface area contributed by atoms with Crippen molar-refractivity contribution in [3.05, 3.63) is 23.9 Å². The third-order valence-corrected chi connectivity index (χ3v) is 3.33. The summed E-state index contributed by atoms with van der Waals surface area (Å²) in [6, 6.07) is 7.36. The summed E-state index contributed by atoms with van der Waals surface area (Å²) in [4.78, 5) is 7.20. The van der Waals surface area contributed by atoms with Gasteiger partial charge in [0.25, 0.3) is 0 Å². The number of hydrogen-bond acceptors (Lipinski definition) is 3. The number of likely N-dealkylation sites (tertiary alicyclic amines) is 1. The molecule has 0 amide bonds. The van der Waals surface area contributed by atoms with Crippen LogP contribution < -0.4 is 5.32 Å². The minimum atomic E-state index is 0.508. The van der Waals surface area contributed by atoms with Crippen LogP contribution >= 0.6 is 0 Å². The van der Waals surface area contributed by atoms with E-state index in [0.717, 1.165) is 5.82 Å². The third kappa shape index (κ3) is 2.19. The number of anilines is 1. The number of nitrogens with one attached hydrogen (secondary N) is 1. The Bertz CT molecular complexity index is 349. The first-order valence-electron chi connectivity index (χ1n) is 6.13. The summed E-state index contributed by atoms with van der Waals surface area (Å²) < 4.78 is 0. The molecule has 0 bridgehead atoms. The van der Waals surface area contributed by atoms with Gasteiger partial charge in [-0.05, 0) is 45.4 Å². The lowest BCUT2D eigenvalue weighted by Gasteiger charge is -2.28. The van der Waals surface area contributed by atoms with E-state index in [4.69, 9.17) is 0 Å². The summed E-state index contributed by atoms with van der Waals surface area (Å²) in [5.41, 5.74) is 1.21. The average Bonchev–Trinajstić information content (AvgIpc) is 2.78. The molecule has 0 aliphatic carbocycles. The van der Waals surface area contributed by atoms with Crippen molar-refractivity contribution in [3.8, 4) is 0 Å². The smallest absolute Gasteiger partial charge is 0.126 e. The summed E-state index contributed by atoms with van der Waals surface area (Å²) in [5, 5.41) is 3.11. The quantitative estimate of drug-likeness (QED) is 0.847. The summed E-state index contributed by atoms with van der Waals surface area (Å²) in [6.07, 6.45) is 2.52. The van der Waals surface area contributed by atoms with Gasteiger partial charge in [-0.25, -0.2) is 4.98 Å². The number of rotatable bonds is 3. The van der Waals surface area contributed by atoms with E-state index in [9.17, 15) is 0 Å². The standard InChI is InChI=1S/C13H21N3/c1-10(2)16-9-5-7-12(16)11-6-4-8-13(14-3)15-11/h4,6,8,10,12H,5,7,9H2,1-3H3,(H,14,15)/t12-/m0/s1. The number of nitrogens with zero attached hydrogens (tertiary/aromatic N) is 2. The normalized spacial score (nSPS) is 21.6. The van der Waals surface area contributed by atoms with E-state index in [1.54, 1.807) is 0 Å². The molecule has 88 valence electrons. The Kier molecular flexibility index (Phi) is 3.44. The Morgan fingerprint density at radius 3 is 2.94 bits per heavy atom. The summed E-state index contributed by atoms with van der Waals surface area (Å²) >= 11 is 0. The fraction of sp³-hybridized carbons (Fsp3) is 0.615. The summed E-state index contributed by atoms with van der Waals surface area (Å²) in [7, 11) is 1.92. The number of pyridine rings is 1. The van der Waals surface area contributed by atoms with Crippen molar-refractivity contribution >= 4 is 5.82 Å². The molecule has 1 aromatic rings. The lowest BCUT2D eigenvalue weighted by atomic mass is 10.1. The van der Waals surface area contributed by atoms with E-state index in [-0.39, 0.29) is 0 Å². The maximum absolute atomic E-state index is 4.65. The first kappa shape index (κ1) is 11.4. The van der Waals surface area contributed by atoms with Gasteiger partial charge >= 0.3 is 0 Å². The lowest BCUT2D eigenvalue weighted by molar-refractivity contribution is 0.202. The van der Waals surface area contributed by atoms with Crippen molar-refractivity contribution in [2.24, 2.45) is 0 Å². The minimum absolute atomic E-state index is 0.508. The van der Waals surface area contributed by atoms with Gasteiger partial charge in [0.1, 0.15) is 5.82 Å². The van der Waals surface area contributed by atoms with Crippen molar-refractivity contribution in [2.45, 2.75) is 38.8 Å². The zero-order chi connectivity index (χ0) is 11.5. The fourth-order valence-electron chi connectivity index (χ4n) is 2.50. The van der Waals surface area contributed by atoms with Crippen LogP contribution in [0.1, 0.15) is 38.4 Å². The highest BCUT2D eigenvalue weighted by Crippen LogP contribution is 2.32. The van der Waals surface area contributed by atoms with E-state index in [0.29, 0.717) is 12.1 Å². The molecular weight excluding hydrogens is 198 g/mol. The Morgan fingerprint density at radius 2 is 2.25 bits per heavy atom. The highest BCUT2D eigenvalue weighted by atomic mass is 15.2. The van der Waals surface area contributed by atoms with Gasteiger partial charge in [-0.2, -0.15) is 0 Å². The van der Waals surface area contributed by atoms with Crippen LogP contribution in [-0.4, -0.2) is 29.5 Å². The molecule has 1 saturated heterocycles. The molecule has 1 aliphatic heterocycles. The number of hydrogen-bond donors (Lipinski definition) is 1. The molecule has 3 heteroatoms. The second-order valence-corrected chi connectivity index (χ2v) is 4.69. The zero-order valence-electron chi connectivity index (χ0n) is 10.4. The van der Waals surface area contributed by atoms with Crippen LogP contribution in [0.15, 0.2) is 18.2 Å². The van der Waals surface area contributed by atoms with Gasteiger partial charge in [0, 0.05) is 13.1 Å². The Morgan fingerprint density at radius 1 is 1.44 bits per heavy atom. The Hall–Kier alpha value is -1.09. The van der Waals surface area contributed by atoms with E-state index >= 15 is 0 Å². The first-order valence-corrected chi connectivity index (χ1v) is 6.13. The van der Waals surface area contributed by atoms with Gasteiger partial charge in [0.2, 0.25) is 0 Å². The highest BCUT2D eigenvalue weighted by Gasteiger charge is 2.28. The molecule has 0 radical (unpaired) electrons. The molecule has 0 aromatic carbocycles. The van der Waals surface area contributed by atoms with E-state index in [1.165, 1.54) is 25.1 Å². The SMILES string of the molecule is CNc1cccc([C@@H]2CCCN2C(C)C)n1. The molecule has 1 aromatic heterocycles. The maximum atomic E-state index is 4.65. The molecule has 2 heterocycles. The predicted octanol–water partition coefficient (Wildman–Crippen LogP) is 2.67. The van der Waals surface area contributed by atoms with E-state index < -0.39 is 0 Å². The topological polar surface area (TPSA) is 28.2 Å². The molecule has 2 rings (SSSR count). The molecule has 16 heavy (non-hydrogen) atoms. The van der Waals surface area contributed by atoms with Crippen LogP contribution in [0.5, 0.6) is 0 Å². The number of aromatic nitrogens is 1. The van der Waals surface area contributed by atoms with Crippen molar-refractivity contribution in [2.75, 3.05) is 18.9 Å². The van der Waals surface area contributed by atoms with Crippen LogP contribution in [0.3, 0.4) is 0 Å². The molecule has 1 N–H and O–H groups in total. The van der Waals surface area contributed by atoms with Crippen LogP contribution in [0.25, 0.3) is 0 Å². The highest BCUT2D eigenvalue weighted by molar-refractivity contribution is 5.35. The monoisotopic (exact) mass is 219 g/mol.